The van der Waals surface area contributed by atoms with Crippen LogP contribution in [-0.4, -0.2) is 13.3 Å². The zero-order valence-corrected chi connectivity index (χ0v) is 13.1. The maximum absolute atomic E-state index is 5.48. The van der Waals surface area contributed by atoms with Crippen LogP contribution in [0.15, 0.2) is 36.4 Å². The molecule has 2 aliphatic rings. The second kappa shape index (κ2) is 4.84. The fourth-order valence-corrected chi connectivity index (χ4v) is 3.47. The fourth-order valence-electron chi connectivity index (χ4n) is 2.86. The lowest BCUT2D eigenvalue weighted by Gasteiger charge is -2.20. The number of hydrogen-bond donors (Lipinski definition) is 0. The molecule has 0 bridgehead atoms. The highest BCUT2D eigenvalue weighted by molar-refractivity contribution is 14.1. The number of ether oxygens (including phenoxy) is 2. The lowest BCUT2D eigenvalue weighted by molar-refractivity contribution is 0.174. The average molecular weight is 379 g/mol. The van der Waals surface area contributed by atoms with Crippen molar-refractivity contribution >= 4 is 28.3 Å². The minimum atomic E-state index is 0.335. The van der Waals surface area contributed by atoms with Crippen molar-refractivity contribution in [2.24, 2.45) is 0 Å². The highest BCUT2D eigenvalue weighted by Crippen LogP contribution is 2.37. The van der Waals surface area contributed by atoms with E-state index in [0.717, 1.165) is 31.0 Å². The zero-order valence-electron chi connectivity index (χ0n) is 10.9. The number of rotatable bonds is 2. The largest absolute Gasteiger partial charge is 0.454 e. The van der Waals surface area contributed by atoms with Gasteiger partial charge < -0.3 is 14.4 Å². The lowest BCUT2D eigenvalue weighted by Crippen LogP contribution is -2.20. The van der Waals surface area contributed by atoms with Gasteiger partial charge in [0.15, 0.2) is 11.5 Å². The average Bonchev–Trinajstić information content (AvgIpc) is 3.06. The van der Waals surface area contributed by atoms with Crippen LogP contribution >= 0.6 is 22.6 Å². The minimum Gasteiger partial charge on any atom is -0.454 e. The summed E-state index contributed by atoms with van der Waals surface area (Å²) in [5, 5.41) is 0. The molecular weight excluding hydrogens is 365 g/mol. The number of fused-ring (bicyclic) bond motifs is 2. The fraction of sp³-hybridized carbons (Fsp3) is 0.250. The van der Waals surface area contributed by atoms with E-state index in [1.165, 1.54) is 20.4 Å². The molecule has 0 aliphatic carbocycles. The summed E-state index contributed by atoms with van der Waals surface area (Å²) in [5.41, 5.74) is 4.11. The Morgan fingerprint density at radius 3 is 2.80 bits per heavy atom. The molecule has 4 rings (SSSR count). The predicted octanol–water partition coefficient (Wildman–Crippen LogP) is 3.58. The molecule has 3 nitrogen and oxygen atoms in total. The molecule has 20 heavy (non-hydrogen) atoms. The van der Waals surface area contributed by atoms with E-state index in [1.54, 1.807) is 0 Å². The third kappa shape index (κ3) is 2.02. The van der Waals surface area contributed by atoms with Crippen LogP contribution in [0.3, 0.4) is 0 Å². The molecule has 102 valence electrons. The molecule has 2 aromatic rings. The van der Waals surface area contributed by atoms with Crippen molar-refractivity contribution in [3.05, 3.63) is 51.1 Å². The molecule has 4 heteroatoms. The van der Waals surface area contributed by atoms with Gasteiger partial charge in [-0.15, -0.1) is 0 Å². The summed E-state index contributed by atoms with van der Waals surface area (Å²) in [5.74, 6) is 1.73. The van der Waals surface area contributed by atoms with Crippen molar-refractivity contribution < 1.29 is 9.47 Å². The summed E-state index contributed by atoms with van der Waals surface area (Å²) < 4.78 is 12.1. The van der Waals surface area contributed by atoms with E-state index >= 15 is 0 Å². The van der Waals surface area contributed by atoms with Gasteiger partial charge in [-0.05, 0) is 58.3 Å². The van der Waals surface area contributed by atoms with Gasteiger partial charge in [0, 0.05) is 22.3 Å². The highest BCUT2D eigenvalue weighted by atomic mass is 127. The molecule has 2 aromatic carbocycles. The van der Waals surface area contributed by atoms with E-state index in [-0.39, 0.29) is 0 Å². The van der Waals surface area contributed by atoms with Crippen molar-refractivity contribution in [1.29, 1.82) is 0 Å². The molecule has 2 heterocycles. The van der Waals surface area contributed by atoms with Gasteiger partial charge in [0.25, 0.3) is 0 Å². The Hall–Kier alpha value is -1.43. The molecular formula is C16H14INO2. The first kappa shape index (κ1) is 12.3. The van der Waals surface area contributed by atoms with Gasteiger partial charge in [-0.1, -0.05) is 18.2 Å². The Bertz CT molecular complexity index is 672. The molecule has 0 saturated heterocycles. The maximum Gasteiger partial charge on any atom is 0.231 e. The summed E-state index contributed by atoms with van der Waals surface area (Å²) in [6, 6.07) is 12.8. The van der Waals surface area contributed by atoms with Crippen LogP contribution < -0.4 is 14.4 Å². The molecule has 0 aromatic heterocycles. The van der Waals surface area contributed by atoms with Gasteiger partial charge in [0.05, 0.1) is 0 Å². The normalized spacial score (nSPS) is 15.6. The van der Waals surface area contributed by atoms with Gasteiger partial charge in [-0.2, -0.15) is 0 Å². The third-order valence-corrected chi connectivity index (χ3v) is 4.89. The zero-order chi connectivity index (χ0) is 13.5. The topological polar surface area (TPSA) is 21.7 Å². The molecule has 0 amide bonds. The summed E-state index contributed by atoms with van der Waals surface area (Å²) in [6.45, 7) is 2.34. The molecule has 0 spiro atoms. The minimum absolute atomic E-state index is 0.335. The second-order valence-corrected chi connectivity index (χ2v) is 6.26. The van der Waals surface area contributed by atoms with E-state index in [9.17, 15) is 0 Å². The van der Waals surface area contributed by atoms with E-state index in [4.69, 9.17) is 9.47 Å². The monoisotopic (exact) mass is 379 g/mol. The molecule has 0 radical (unpaired) electrons. The summed E-state index contributed by atoms with van der Waals surface area (Å²) >= 11 is 2.38. The number of nitrogens with zero attached hydrogens (tertiary/aromatic N) is 1. The first-order valence-corrected chi connectivity index (χ1v) is 7.80. The van der Waals surface area contributed by atoms with Crippen molar-refractivity contribution in [2.75, 3.05) is 18.2 Å². The lowest BCUT2D eigenvalue weighted by atomic mass is 10.1. The van der Waals surface area contributed by atoms with E-state index in [0.29, 0.717) is 6.79 Å². The summed E-state index contributed by atoms with van der Waals surface area (Å²) in [6.07, 6.45) is 1.14. The van der Waals surface area contributed by atoms with Gasteiger partial charge in [0.1, 0.15) is 0 Å². The quantitative estimate of drug-likeness (QED) is 0.745. The van der Waals surface area contributed by atoms with E-state index < -0.39 is 0 Å². The Morgan fingerprint density at radius 1 is 1.10 bits per heavy atom. The number of halogens is 1. The van der Waals surface area contributed by atoms with Crippen molar-refractivity contribution in [2.45, 2.75) is 13.0 Å². The second-order valence-electron chi connectivity index (χ2n) is 5.10. The smallest absolute Gasteiger partial charge is 0.231 e. The van der Waals surface area contributed by atoms with Crippen LogP contribution in [0.25, 0.3) is 0 Å². The van der Waals surface area contributed by atoms with Crippen LogP contribution in [-0.2, 0) is 13.0 Å². The van der Waals surface area contributed by atoms with Crippen molar-refractivity contribution in [3.63, 3.8) is 0 Å². The number of benzene rings is 2. The first-order valence-electron chi connectivity index (χ1n) is 6.72. The standard InChI is InChI=1S/C16H14INO2/c17-13-8-16-15(19-10-20-16)7-12(13)9-18-6-5-11-3-1-2-4-14(11)18/h1-4,7-8H,5-6,9-10H2. The molecule has 2 aliphatic heterocycles. The maximum atomic E-state index is 5.48. The van der Waals surface area contributed by atoms with E-state index in [1.807, 2.05) is 0 Å². The van der Waals surface area contributed by atoms with Gasteiger partial charge in [-0.25, -0.2) is 0 Å². The highest BCUT2D eigenvalue weighted by Gasteiger charge is 2.21. The van der Waals surface area contributed by atoms with Crippen LogP contribution in [0.5, 0.6) is 11.5 Å². The van der Waals surface area contributed by atoms with Gasteiger partial charge in [-0.3, -0.25) is 0 Å². The molecule has 0 atom stereocenters. The first-order chi connectivity index (χ1) is 9.81. The van der Waals surface area contributed by atoms with Crippen LogP contribution in [0.1, 0.15) is 11.1 Å². The Morgan fingerprint density at radius 2 is 1.90 bits per heavy atom. The Labute approximate surface area is 131 Å². The number of para-hydroxylation sites is 1. The molecule has 0 fully saturated rings. The van der Waals surface area contributed by atoms with Crippen LogP contribution in [0.2, 0.25) is 0 Å². The van der Waals surface area contributed by atoms with Gasteiger partial charge in [0.2, 0.25) is 6.79 Å². The number of anilines is 1. The van der Waals surface area contributed by atoms with Crippen molar-refractivity contribution in [3.8, 4) is 11.5 Å². The molecule has 0 saturated carbocycles. The van der Waals surface area contributed by atoms with Crippen molar-refractivity contribution in [1.82, 2.24) is 0 Å². The SMILES string of the molecule is Ic1cc2c(cc1CN1CCc3ccccc31)OCO2. The summed E-state index contributed by atoms with van der Waals surface area (Å²) in [4.78, 5) is 2.44. The third-order valence-electron chi connectivity index (χ3n) is 3.89. The molecule has 0 N–H and O–H groups in total. The van der Waals surface area contributed by atoms with Gasteiger partial charge >= 0.3 is 0 Å². The van der Waals surface area contributed by atoms with Crippen LogP contribution in [0, 0.1) is 3.57 Å². The summed E-state index contributed by atoms with van der Waals surface area (Å²) in [7, 11) is 0. The van der Waals surface area contributed by atoms with E-state index in [2.05, 4.69) is 63.9 Å². The number of hydrogen-bond acceptors (Lipinski definition) is 3. The Kier molecular flexibility index (Phi) is 2.98. The molecule has 0 unspecified atom stereocenters. The predicted molar refractivity (Wildman–Crippen MR) is 86.5 cm³/mol. The van der Waals surface area contributed by atoms with Crippen LogP contribution in [0.4, 0.5) is 5.69 Å². The Balaban J connectivity index is 1.64.